The van der Waals surface area contributed by atoms with Crippen LogP contribution in [0, 0.1) is 0 Å². The van der Waals surface area contributed by atoms with E-state index < -0.39 is 17.0 Å². The number of nitrogens with zero attached hydrogens (tertiary/aromatic N) is 3. The van der Waals surface area contributed by atoms with Crippen molar-refractivity contribution in [3.05, 3.63) is 60.2 Å². The molecule has 0 aliphatic carbocycles. The fraction of sp³-hybridized carbons (Fsp3) is 0.516. The van der Waals surface area contributed by atoms with Crippen LogP contribution >= 0.6 is 11.8 Å². The summed E-state index contributed by atoms with van der Waals surface area (Å²) < 4.78 is 0. The summed E-state index contributed by atoms with van der Waals surface area (Å²) in [4.78, 5) is 45.1. The standard InChI is InChI=1S/C31H45N7O3S/c1-5-38-29(41)25(42-30(38)27(32)28(40)35-31(2,3)22-9-7-6-8-10-22)21-33-23-11-13-24(14-12-23)34-26(39)15-16-37-19-17-36(4)18-20-37/h6-14,25,27,30,33H,5,15-21,32H2,1-4H3,(H,34,39)(H,35,40)/t25-,27-,30?/m1/s1. The topological polar surface area (TPSA) is 123 Å². The molecule has 10 nitrogen and oxygen atoms in total. The zero-order valence-corrected chi connectivity index (χ0v) is 26.0. The fourth-order valence-corrected chi connectivity index (χ4v) is 6.71. The molecule has 0 aromatic heterocycles. The van der Waals surface area contributed by atoms with E-state index in [0.717, 1.165) is 49.7 Å². The van der Waals surface area contributed by atoms with Crippen molar-refractivity contribution in [2.75, 3.05) is 63.5 Å². The maximum absolute atomic E-state index is 13.2. The summed E-state index contributed by atoms with van der Waals surface area (Å²) >= 11 is 1.42. The zero-order chi connectivity index (χ0) is 30.3. The quantitative estimate of drug-likeness (QED) is 0.295. The number of nitrogens with two attached hydrogens (primary N) is 1. The SMILES string of the molecule is CCN1C(=O)[C@@H](CNc2ccc(NC(=O)CCN3CCN(C)CC3)cc2)SC1[C@H](N)C(=O)NC(C)(C)c1ccccc1. The van der Waals surface area contributed by atoms with Gasteiger partial charge in [-0.15, -0.1) is 11.8 Å². The number of carbonyl (C=O) groups excluding carboxylic acids is 3. The second kappa shape index (κ2) is 14.4. The predicted octanol–water partition coefficient (Wildman–Crippen LogP) is 2.34. The molecule has 228 valence electrons. The van der Waals surface area contributed by atoms with Gasteiger partial charge in [-0.1, -0.05) is 30.3 Å². The molecule has 1 unspecified atom stereocenters. The molecule has 2 aliphatic rings. The van der Waals surface area contributed by atoms with E-state index in [-0.39, 0.29) is 23.0 Å². The molecular formula is C31H45N7O3S. The van der Waals surface area contributed by atoms with E-state index in [0.29, 0.717) is 19.5 Å². The lowest BCUT2D eigenvalue weighted by Crippen LogP contribution is -2.56. The Morgan fingerprint density at radius 2 is 1.67 bits per heavy atom. The number of benzene rings is 2. The van der Waals surface area contributed by atoms with E-state index in [1.54, 1.807) is 4.90 Å². The Labute approximate surface area is 253 Å². The molecule has 4 rings (SSSR count). The maximum Gasteiger partial charge on any atom is 0.240 e. The molecule has 5 N–H and O–H groups in total. The van der Waals surface area contributed by atoms with Crippen molar-refractivity contribution in [2.24, 2.45) is 5.73 Å². The second-order valence-electron chi connectivity index (χ2n) is 11.5. The van der Waals surface area contributed by atoms with Gasteiger partial charge in [0.1, 0.15) is 16.7 Å². The summed E-state index contributed by atoms with van der Waals surface area (Å²) in [6.45, 7) is 11.5. The van der Waals surface area contributed by atoms with Gasteiger partial charge >= 0.3 is 0 Å². The summed E-state index contributed by atoms with van der Waals surface area (Å²) in [5.41, 5.74) is 8.41. The Morgan fingerprint density at radius 3 is 2.31 bits per heavy atom. The monoisotopic (exact) mass is 595 g/mol. The van der Waals surface area contributed by atoms with Crippen LogP contribution < -0.4 is 21.7 Å². The number of likely N-dealkylation sites (N-methyl/N-ethyl adjacent to an activating group) is 2. The van der Waals surface area contributed by atoms with Gasteiger partial charge in [-0.05, 0) is 57.6 Å². The van der Waals surface area contributed by atoms with E-state index in [1.165, 1.54) is 11.8 Å². The van der Waals surface area contributed by atoms with Crippen LogP contribution in [0.25, 0.3) is 0 Å². The smallest absolute Gasteiger partial charge is 0.240 e. The first-order valence-electron chi connectivity index (χ1n) is 14.7. The number of amides is 3. The third kappa shape index (κ3) is 8.25. The van der Waals surface area contributed by atoms with E-state index in [1.807, 2.05) is 75.4 Å². The third-order valence-electron chi connectivity index (χ3n) is 7.96. The van der Waals surface area contributed by atoms with Crippen LogP contribution in [0.15, 0.2) is 54.6 Å². The van der Waals surface area contributed by atoms with Gasteiger partial charge in [-0.25, -0.2) is 0 Å². The van der Waals surface area contributed by atoms with Gasteiger partial charge in [0, 0.05) is 63.6 Å². The number of rotatable bonds is 12. The zero-order valence-electron chi connectivity index (χ0n) is 25.1. The fourth-order valence-electron chi connectivity index (χ4n) is 5.24. The van der Waals surface area contributed by atoms with Gasteiger partial charge in [0.2, 0.25) is 17.7 Å². The first-order valence-corrected chi connectivity index (χ1v) is 15.7. The molecule has 3 amide bonds. The van der Waals surface area contributed by atoms with Crippen LogP contribution in [0.4, 0.5) is 11.4 Å². The predicted molar refractivity (Wildman–Crippen MR) is 170 cm³/mol. The van der Waals surface area contributed by atoms with Crippen LogP contribution in [0.3, 0.4) is 0 Å². The van der Waals surface area contributed by atoms with Crippen molar-refractivity contribution in [3.8, 4) is 0 Å². The number of hydrogen-bond donors (Lipinski definition) is 4. The molecule has 11 heteroatoms. The van der Waals surface area contributed by atoms with Crippen molar-refractivity contribution in [3.63, 3.8) is 0 Å². The lowest BCUT2D eigenvalue weighted by Gasteiger charge is -2.32. The molecule has 2 fully saturated rings. The molecule has 2 aromatic carbocycles. The summed E-state index contributed by atoms with van der Waals surface area (Å²) in [5.74, 6) is -0.321. The van der Waals surface area contributed by atoms with Gasteiger partial charge in [0.25, 0.3) is 0 Å². The molecule has 2 aromatic rings. The molecule has 0 saturated carbocycles. The summed E-state index contributed by atoms with van der Waals surface area (Å²) in [6, 6.07) is 16.4. The van der Waals surface area contributed by atoms with Crippen molar-refractivity contribution < 1.29 is 14.4 Å². The van der Waals surface area contributed by atoms with Crippen molar-refractivity contribution in [2.45, 2.75) is 49.4 Å². The van der Waals surface area contributed by atoms with E-state index >= 15 is 0 Å². The molecule has 2 saturated heterocycles. The Kier molecular flexibility index (Phi) is 10.9. The number of carbonyl (C=O) groups is 3. The minimum Gasteiger partial charge on any atom is -0.383 e. The van der Waals surface area contributed by atoms with Crippen LogP contribution in [-0.2, 0) is 19.9 Å². The van der Waals surface area contributed by atoms with Crippen LogP contribution in [0.2, 0.25) is 0 Å². The van der Waals surface area contributed by atoms with Gasteiger partial charge in [0.05, 0.1) is 5.54 Å². The second-order valence-corrected chi connectivity index (χ2v) is 12.9. The van der Waals surface area contributed by atoms with Crippen molar-refractivity contribution in [1.82, 2.24) is 20.0 Å². The van der Waals surface area contributed by atoms with Gasteiger partial charge in [0.15, 0.2) is 0 Å². The van der Waals surface area contributed by atoms with Crippen molar-refractivity contribution >= 4 is 40.9 Å². The number of anilines is 2. The van der Waals surface area contributed by atoms with Gasteiger partial charge in [-0.3, -0.25) is 14.4 Å². The van der Waals surface area contributed by atoms with E-state index in [2.05, 4.69) is 32.8 Å². The third-order valence-corrected chi connectivity index (χ3v) is 9.49. The Hall–Kier alpha value is -3.12. The number of thioether (sulfide) groups is 1. The normalized spacial score (nSPS) is 20.8. The highest BCUT2D eigenvalue weighted by molar-refractivity contribution is 8.01. The minimum absolute atomic E-state index is 0.000759. The molecule has 0 bridgehead atoms. The Balaban J connectivity index is 1.25. The van der Waals surface area contributed by atoms with E-state index in [9.17, 15) is 14.4 Å². The highest BCUT2D eigenvalue weighted by Crippen LogP contribution is 2.34. The minimum atomic E-state index is -0.869. The molecule has 0 radical (unpaired) electrons. The highest BCUT2D eigenvalue weighted by Gasteiger charge is 2.44. The Morgan fingerprint density at radius 1 is 1.02 bits per heavy atom. The molecule has 0 spiro atoms. The van der Waals surface area contributed by atoms with E-state index in [4.69, 9.17) is 5.73 Å². The number of hydrogen-bond acceptors (Lipinski definition) is 8. The number of piperazine rings is 1. The first-order chi connectivity index (χ1) is 20.1. The summed E-state index contributed by atoms with van der Waals surface area (Å²) in [6.07, 6.45) is 0.462. The molecule has 2 aliphatic heterocycles. The largest absolute Gasteiger partial charge is 0.383 e. The van der Waals surface area contributed by atoms with Crippen LogP contribution in [0.5, 0.6) is 0 Å². The number of nitrogens with one attached hydrogen (secondary N) is 3. The average molecular weight is 596 g/mol. The average Bonchev–Trinajstić information content (AvgIpc) is 3.31. The molecule has 42 heavy (non-hydrogen) atoms. The lowest BCUT2D eigenvalue weighted by atomic mass is 9.94. The molecule has 3 atom stereocenters. The summed E-state index contributed by atoms with van der Waals surface area (Å²) in [5, 5.41) is 8.54. The molecule has 2 heterocycles. The first kappa shape index (κ1) is 31.8. The van der Waals surface area contributed by atoms with Gasteiger partial charge in [-0.2, -0.15) is 0 Å². The van der Waals surface area contributed by atoms with Crippen LogP contribution in [-0.4, -0.2) is 102 Å². The van der Waals surface area contributed by atoms with Gasteiger partial charge < -0.3 is 36.4 Å². The van der Waals surface area contributed by atoms with Crippen molar-refractivity contribution in [1.29, 1.82) is 0 Å². The highest BCUT2D eigenvalue weighted by atomic mass is 32.2. The molecular weight excluding hydrogens is 550 g/mol. The Bertz CT molecular complexity index is 1200. The lowest BCUT2D eigenvalue weighted by molar-refractivity contribution is -0.131. The maximum atomic E-state index is 13.2. The summed E-state index contributed by atoms with van der Waals surface area (Å²) in [7, 11) is 2.12. The van der Waals surface area contributed by atoms with Crippen LogP contribution in [0.1, 0.15) is 32.8 Å².